The first kappa shape index (κ1) is 15.5. The van der Waals surface area contributed by atoms with Gasteiger partial charge in [-0.3, -0.25) is 0 Å². The molecule has 2 rings (SSSR count). The van der Waals surface area contributed by atoms with E-state index in [0.717, 1.165) is 0 Å². The fourth-order valence-electron chi connectivity index (χ4n) is 1.73. The van der Waals surface area contributed by atoms with Crippen LogP contribution >= 0.6 is 46.4 Å². The summed E-state index contributed by atoms with van der Waals surface area (Å²) >= 11 is 22.4. The van der Waals surface area contributed by atoms with E-state index in [1.165, 1.54) is 18.2 Å². The van der Waals surface area contributed by atoms with E-state index >= 15 is 0 Å². The summed E-state index contributed by atoms with van der Waals surface area (Å²) in [5.41, 5.74) is -0.756. The average Bonchev–Trinajstić information content (AvgIpc) is 2.94. The monoisotopic (exact) mass is 352 g/mol. The lowest BCUT2D eigenvalue weighted by atomic mass is 9.94. The van der Waals surface area contributed by atoms with Crippen molar-refractivity contribution in [1.29, 1.82) is 0 Å². The maximum Gasteiger partial charge on any atom is 0.421 e. The van der Waals surface area contributed by atoms with Crippen molar-refractivity contribution in [2.75, 3.05) is 6.61 Å². The van der Waals surface area contributed by atoms with Crippen LogP contribution in [0.2, 0.25) is 10.0 Å². The van der Waals surface area contributed by atoms with Gasteiger partial charge in [-0.1, -0.05) is 46.4 Å². The minimum atomic E-state index is -4.75. The van der Waals surface area contributed by atoms with E-state index in [1.807, 2.05) is 0 Å². The Morgan fingerprint density at radius 3 is 1.95 bits per heavy atom. The highest BCUT2D eigenvalue weighted by Crippen LogP contribution is 2.54. The van der Waals surface area contributed by atoms with E-state index in [1.54, 1.807) is 0 Å². The van der Waals surface area contributed by atoms with Crippen molar-refractivity contribution in [3.63, 3.8) is 0 Å². The summed E-state index contributed by atoms with van der Waals surface area (Å²) in [5, 5.41) is 0.609. The number of alkyl halides is 5. The zero-order valence-electron chi connectivity index (χ0n) is 9.20. The molecule has 1 fully saturated rings. The summed E-state index contributed by atoms with van der Waals surface area (Å²) in [6.07, 6.45) is -5.37. The molecule has 1 heterocycles. The molecule has 1 atom stereocenters. The van der Waals surface area contributed by atoms with Crippen LogP contribution in [-0.2, 0) is 10.3 Å². The molecule has 1 aromatic rings. The summed E-state index contributed by atoms with van der Waals surface area (Å²) in [4.78, 5) is 0. The third kappa shape index (κ3) is 3.24. The maximum atomic E-state index is 12.7. The molecule has 1 saturated heterocycles. The largest absolute Gasteiger partial charge is 0.421 e. The number of rotatable bonds is 3. The van der Waals surface area contributed by atoms with Crippen molar-refractivity contribution < 1.29 is 17.9 Å². The van der Waals surface area contributed by atoms with Crippen molar-refractivity contribution in [3.8, 4) is 0 Å². The van der Waals surface area contributed by atoms with Crippen LogP contribution in [0, 0.1) is 0 Å². The normalized spacial score (nSPS) is 23.5. The van der Waals surface area contributed by atoms with Gasteiger partial charge < -0.3 is 4.74 Å². The molecular formula is C11H7Cl4F3O. The Morgan fingerprint density at radius 2 is 1.58 bits per heavy atom. The summed E-state index contributed by atoms with van der Waals surface area (Å²) in [6, 6.07) is 4.45. The van der Waals surface area contributed by atoms with Crippen LogP contribution in [0.4, 0.5) is 13.2 Å². The van der Waals surface area contributed by atoms with Crippen LogP contribution < -0.4 is 0 Å². The molecular weight excluding hydrogens is 347 g/mol. The number of hydrogen-bond donors (Lipinski definition) is 0. The molecule has 0 amide bonds. The molecule has 0 aromatic heterocycles. The molecule has 1 aliphatic rings. The lowest BCUT2D eigenvalue weighted by molar-refractivity contribution is -0.146. The van der Waals surface area contributed by atoms with Crippen molar-refractivity contribution in [3.05, 3.63) is 33.8 Å². The first-order valence-corrected chi connectivity index (χ1v) is 6.62. The summed E-state index contributed by atoms with van der Waals surface area (Å²) in [5.74, 6) is 0. The minimum absolute atomic E-state index is 0.0843. The van der Waals surface area contributed by atoms with Crippen LogP contribution in [-0.4, -0.2) is 17.1 Å². The van der Waals surface area contributed by atoms with Crippen molar-refractivity contribution in [1.82, 2.24) is 0 Å². The van der Waals surface area contributed by atoms with E-state index in [4.69, 9.17) is 51.1 Å². The van der Waals surface area contributed by atoms with E-state index in [-0.39, 0.29) is 6.61 Å². The topological polar surface area (TPSA) is 12.5 Å². The van der Waals surface area contributed by atoms with Gasteiger partial charge in [0.05, 0.1) is 6.61 Å². The lowest BCUT2D eigenvalue weighted by Gasteiger charge is -2.26. The molecule has 8 heteroatoms. The van der Waals surface area contributed by atoms with Gasteiger partial charge in [0, 0.05) is 16.5 Å². The molecule has 1 aromatic carbocycles. The number of hydrogen-bond acceptors (Lipinski definition) is 1. The van der Waals surface area contributed by atoms with Crippen LogP contribution in [0.25, 0.3) is 0 Å². The van der Waals surface area contributed by atoms with E-state index in [0.29, 0.717) is 15.6 Å². The summed E-state index contributed by atoms with van der Waals surface area (Å²) in [7, 11) is 0. The number of epoxide rings is 1. The Bertz CT molecular complexity index is 477. The smallest absolute Gasteiger partial charge is 0.364 e. The first-order valence-electron chi connectivity index (χ1n) is 5.11. The van der Waals surface area contributed by atoms with Crippen LogP contribution in [0.15, 0.2) is 18.2 Å². The molecule has 1 unspecified atom stereocenters. The number of halogens is 7. The number of ether oxygens (including phenoxy) is 1. The minimum Gasteiger partial charge on any atom is -0.364 e. The van der Waals surface area contributed by atoms with Crippen LogP contribution in [0.1, 0.15) is 12.0 Å². The van der Waals surface area contributed by atoms with Crippen molar-refractivity contribution in [2.24, 2.45) is 0 Å². The molecule has 1 nitrogen and oxygen atoms in total. The predicted octanol–water partition coefficient (Wildman–Crippen LogP) is 5.35. The summed E-state index contributed by atoms with van der Waals surface area (Å²) < 4.78 is 40.3. The summed E-state index contributed by atoms with van der Waals surface area (Å²) in [6.45, 7) is 0.0843. The molecule has 106 valence electrons. The number of benzene rings is 1. The fraction of sp³-hybridized carbons (Fsp3) is 0.455. The molecule has 0 radical (unpaired) electrons. The van der Waals surface area contributed by atoms with Gasteiger partial charge in [-0.25, -0.2) is 0 Å². The fourth-order valence-corrected chi connectivity index (χ4v) is 2.69. The second kappa shape index (κ2) is 4.85. The highest BCUT2D eigenvalue weighted by Gasteiger charge is 2.61. The standard InChI is InChI=1S/C11H7Cl4F3O/c12-7-1-6(2-8(13)3-7)9(5-19-9)4-10(14,15)11(16,17)18/h1-3H,4-5H2. The van der Waals surface area contributed by atoms with Crippen molar-refractivity contribution >= 4 is 46.4 Å². The Labute approximate surface area is 127 Å². The third-order valence-electron chi connectivity index (χ3n) is 2.80. The zero-order chi connectivity index (χ0) is 14.5. The van der Waals surface area contributed by atoms with Gasteiger partial charge in [0.1, 0.15) is 5.60 Å². The Morgan fingerprint density at radius 1 is 1.11 bits per heavy atom. The first-order chi connectivity index (χ1) is 8.56. The molecule has 0 spiro atoms. The second-order valence-corrected chi connectivity index (χ2v) is 6.68. The Hall–Kier alpha value is 0.130. The maximum absolute atomic E-state index is 12.7. The van der Waals surface area contributed by atoms with Crippen LogP contribution in [0.5, 0.6) is 0 Å². The van der Waals surface area contributed by atoms with Gasteiger partial charge in [-0.2, -0.15) is 13.2 Å². The highest BCUT2D eigenvalue weighted by molar-refractivity contribution is 6.49. The lowest BCUT2D eigenvalue weighted by Crippen LogP contribution is -2.38. The predicted molar refractivity (Wildman–Crippen MR) is 69.2 cm³/mol. The quantitative estimate of drug-likeness (QED) is 0.527. The average molecular weight is 354 g/mol. The van der Waals surface area contributed by atoms with Gasteiger partial charge >= 0.3 is 6.18 Å². The zero-order valence-corrected chi connectivity index (χ0v) is 12.2. The Kier molecular flexibility index (Phi) is 3.96. The van der Waals surface area contributed by atoms with E-state index in [9.17, 15) is 13.2 Å². The molecule has 0 saturated carbocycles. The third-order valence-corrected chi connectivity index (χ3v) is 3.94. The van der Waals surface area contributed by atoms with Gasteiger partial charge in [-0.05, 0) is 23.8 Å². The molecule has 0 N–H and O–H groups in total. The molecule has 0 aliphatic carbocycles. The highest BCUT2D eigenvalue weighted by atomic mass is 35.5. The molecule has 1 aliphatic heterocycles. The second-order valence-electron chi connectivity index (χ2n) is 4.32. The van der Waals surface area contributed by atoms with Gasteiger partial charge in [0.2, 0.25) is 4.33 Å². The Balaban J connectivity index is 2.29. The molecule has 0 bridgehead atoms. The SMILES string of the molecule is FC(F)(F)C(Cl)(Cl)CC1(c2cc(Cl)cc(Cl)c2)CO1. The van der Waals surface area contributed by atoms with Gasteiger partial charge in [-0.15, -0.1) is 0 Å². The van der Waals surface area contributed by atoms with Gasteiger partial charge in [0.15, 0.2) is 0 Å². The van der Waals surface area contributed by atoms with E-state index in [2.05, 4.69) is 0 Å². The molecule has 19 heavy (non-hydrogen) atoms. The van der Waals surface area contributed by atoms with E-state index < -0.39 is 22.5 Å². The van der Waals surface area contributed by atoms with Crippen molar-refractivity contribution in [2.45, 2.75) is 22.5 Å². The van der Waals surface area contributed by atoms with Gasteiger partial charge in [0.25, 0.3) is 0 Å². The van der Waals surface area contributed by atoms with Crippen LogP contribution in [0.3, 0.4) is 0 Å².